The van der Waals surface area contributed by atoms with Gasteiger partial charge in [-0.3, -0.25) is 0 Å². The molecule has 0 radical (unpaired) electrons. The summed E-state index contributed by atoms with van der Waals surface area (Å²) in [6.45, 7) is 0. The molecule has 0 aliphatic carbocycles. The lowest BCUT2D eigenvalue weighted by Crippen LogP contribution is -1.92. The highest BCUT2D eigenvalue weighted by Gasteiger charge is 2.19. The molecule has 10 rings (SSSR count). The van der Waals surface area contributed by atoms with Crippen LogP contribution in [0.4, 0.5) is 0 Å². The largest absolute Gasteiger partial charge is 0.456 e. The van der Waals surface area contributed by atoms with Crippen LogP contribution in [-0.2, 0) is 0 Å². The molecule has 1 aromatic heterocycles. The molecule has 0 spiro atoms. The highest BCUT2D eigenvalue weighted by atomic mass is 16.3. The molecular formula is C46H28O. The van der Waals surface area contributed by atoms with Gasteiger partial charge in [0.25, 0.3) is 0 Å². The fourth-order valence-electron chi connectivity index (χ4n) is 7.57. The quantitative estimate of drug-likeness (QED) is 0.185. The standard InChI is InChI=1S/C46H28O/c1-2-11-30(12-3-1)45-37-16-8-9-17-38(37)46(42-26-35(20-22-39(42)45)34-19-18-29-10-4-5-13-31(29)24-34)36-21-23-43-40(27-36)41-25-32-14-6-7-15-33(32)28-44(41)47-43/h1-28H. The summed E-state index contributed by atoms with van der Waals surface area (Å²) < 4.78 is 6.42. The average molecular weight is 597 g/mol. The zero-order chi connectivity index (χ0) is 30.9. The molecule has 0 saturated heterocycles. The first-order valence-electron chi connectivity index (χ1n) is 16.2. The van der Waals surface area contributed by atoms with E-state index in [2.05, 4.69) is 170 Å². The molecule has 1 heteroatoms. The van der Waals surface area contributed by atoms with Crippen LogP contribution < -0.4 is 0 Å². The van der Waals surface area contributed by atoms with Crippen LogP contribution >= 0.6 is 0 Å². The van der Waals surface area contributed by atoms with E-state index in [9.17, 15) is 0 Å². The van der Waals surface area contributed by atoms with Crippen LogP contribution in [0.1, 0.15) is 0 Å². The second kappa shape index (κ2) is 10.2. The third kappa shape index (κ3) is 4.10. The zero-order valence-electron chi connectivity index (χ0n) is 25.6. The first-order chi connectivity index (χ1) is 23.3. The predicted octanol–water partition coefficient (Wildman–Crippen LogP) is 13.2. The average Bonchev–Trinajstić information content (AvgIpc) is 3.49. The molecule has 0 N–H and O–H groups in total. The Kier molecular flexibility index (Phi) is 5.64. The van der Waals surface area contributed by atoms with E-state index in [1.807, 2.05) is 0 Å². The van der Waals surface area contributed by atoms with E-state index in [4.69, 9.17) is 4.42 Å². The fraction of sp³-hybridized carbons (Fsp3) is 0. The van der Waals surface area contributed by atoms with Gasteiger partial charge in [0.05, 0.1) is 0 Å². The van der Waals surface area contributed by atoms with Crippen molar-refractivity contribution in [3.05, 3.63) is 170 Å². The third-order valence-electron chi connectivity index (χ3n) is 9.80. The summed E-state index contributed by atoms with van der Waals surface area (Å²) in [6, 6.07) is 61.7. The molecular weight excluding hydrogens is 569 g/mol. The SMILES string of the molecule is c1ccc(-c2c3ccccc3c(-c3ccc4oc5cc6ccccc6cc5c4c3)c3cc(-c4ccc5ccccc5c4)ccc23)cc1. The monoisotopic (exact) mass is 596 g/mol. The first-order valence-corrected chi connectivity index (χ1v) is 16.2. The second-order valence-corrected chi connectivity index (χ2v) is 12.5. The summed E-state index contributed by atoms with van der Waals surface area (Å²) in [6.07, 6.45) is 0. The molecule has 10 aromatic rings. The van der Waals surface area contributed by atoms with E-state index >= 15 is 0 Å². The van der Waals surface area contributed by atoms with Crippen LogP contribution in [0.5, 0.6) is 0 Å². The number of furan rings is 1. The Hall–Kier alpha value is -6.18. The van der Waals surface area contributed by atoms with Crippen LogP contribution in [0.3, 0.4) is 0 Å². The van der Waals surface area contributed by atoms with Crippen molar-refractivity contribution in [2.24, 2.45) is 0 Å². The number of benzene rings is 9. The molecule has 0 aliphatic rings. The van der Waals surface area contributed by atoms with Gasteiger partial charge in [0.1, 0.15) is 11.2 Å². The minimum atomic E-state index is 0.908. The van der Waals surface area contributed by atoms with Gasteiger partial charge in [0, 0.05) is 10.8 Å². The molecule has 47 heavy (non-hydrogen) atoms. The molecule has 1 heterocycles. The molecule has 0 saturated carbocycles. The van der Waals surface area contributed by atoms with E-state index in [0.717, 1.165) is 21.9 Å². The maximum atomic E-state index is 6.42. The van der Waals surface area contributed by atoms with E-state index in [-0.39, 0.29) is 0 Å². The summed E-state index contributed by atoms with van der Waals surface area (Å²) in [5.41, 5.74) is 9.18. The Balaban J connectivity index is 1.30. The van der Waals surface area contributed by atoms with Gasteiger partial charge in [-0.05, 0) is 113 Å². The van der Waals surface area contributed by atoms with Gasteiger partial charge in [-0.25, -0.2) is 0 Å². The van der Waals surface area contributed by atoms with Gasteiger partial charge < -0.3 is 4.42 Å². The Morgan fingerprint density at radius 2 is 0.787 bits per heavy atom. The molecule has 0 aliphatic heterocycles. The van der Waals surface area contributed by atoms with Crippen LogP contribution in [0, 0.1) is 0 Å². The van der Waals surface area contributed by atoms with E-state index in [1.54, 1.807) is 0 Å². The lowest BCUT2D eigenvalue weighted by Gasteiger charge is -2.19. The van der Waals surface area contributed by atoms with E-state index in [1.165, 1.54) is 76.5 Å². The fourth-order valence-corrected chi connectivity index (χ4v) is 7.57. The van der Waals surface area contributed by atoms with Gasteiger partial charge >= 0.3 is 0 Å². The minimum Gasteiger partial charge on any atom is -0.456 e. The highest BCUT2D eigenvalue weighted by molar-refractivity contribution is 6.23. The molecule has 0 unspecified atom stereocenters. The summed E-state index contributed by atoms with van der Waals surface area (Å²) >= 11 is 0. The topological polar surface area (TPSA) is 13.1 Å². The maximum absolute atomic E-state index is 6.42. The molecule has 0 fully saturated rings. The van der Waals surface area contributed by atoms with Crippen molar-refractivity contribution in [1.29, 1.82) is 0 Å². The van der Waals surface area contributed by atoms with Crippen LogP contribution in [0.2, 0.25) is 0 Å². The van der Waals surface area contributed by atoms with Crippen molar-refractivity contribution in [2.75, 3.05) is 0 Å². The zero-order valence-corrected chi connectivity index (χ0v) is 25.6. The lowest BCUT2D eigenvalue weighted by atomic mass is 9.84. The van der Waals surface area contributed by atoms with Crippen molar-refractivity contribution < 1.29 is 4.42 Å². The number of hydrogen-bond acceptors (Lipinski definition) is 1. The second-order valence-electron chi connectivity index (χ2n) is 12.5. The molecule has 218 valence electrons. The summed E-state index contributed by atoms with van der Waals surface area (Å²) in [5, 5.41) is 12.2. The van der Waals surface area contributed by atoms with Gasteiger partial charge in [-0.15, -0.1) is 0 Å². The number of rotatable bonds is 3. The van der Waals surface area contributed by atoms with Gasteiger partial charge in [-0.2, -0.15) is 0 Å². The van der Waals surface area contributed by atoms with Crippen LogP contribution in [0.15, 0.2) is 174 Å². The van der Waals surface area contributed by atoms with Crippen molar-refractivity contribution in [2.45, 2.75) is 0 Å². The first kappa shape index (κ1) is 26.1. The summed E-state index contributed by atoms with van der Waals surface area (Å²) in [4.78, 5) is 0. The van der Waals surface area contributed by atoms with Crippen LogP contribution in [0.25, 0.3) is 98.4 Å². The normalized spacial score (nSPS) is 11.8. The predicted molar refractivity (Wildman–Crippen MR) is 200 cm³/mol. The number of fused-ring (bicyclic) bond motifs is 7. The van der Waals surface area contributed by atoms with E-state index < -0.39 is 0 Å². The Morgan fingerprint density at radius 3 is 1.57 bits per heavy atom. The third-order valence-corrected chi connectivity index (χ3v) is 9.80. The van der Waals surface area contributed by atoms with Crippen molar-refractivity contribution in [3.8, 4) is 33.4 Å². The smallest absolute Gasteiger partial charge is 0.136 e. The van der Waals surface area contributed by atoms with Crippen LogP contribution in [-0.4, -0.2) is 0 Å². The molecule has 9 aromatic carbocycles. The van der Waals surface area contributed by atoms with Gasteiger partial charge in [-0.1, -0.05) is 133 Å². The van der Waals surface area contributed by atoms with Gasteiger partial charge in [0.2, 0.25) is 0 Å². The summed E-state index contributed by atoms with van der Waals surface area (Å²) in [5.74, 6) is 0. The molecule has 0 amide bonds. The Morgan fingerprint density at radius 1 is 0.255 bits per heavy atom. The highest BCUT2D eigenvalue weighted by Crippen LogP contribution is 2.46. The van der Waals surface area contributed by atoms with Crippen molar-refractivity contribution >= 4 is 65.0 Å². The van der Waals surface area contributed by atoms with Crippen molar-refractivity contribution in [1.82, 2.24) is 0 Å². The lowest BCUT2D eigenvalue weighted by molar-refractivity contribution is 0.669. The maximum Gasteiger partial charge on any atom is 0.136 e. The van der Waals surface area contributed by atoms with E-state index in [0.29, 0.717) is 0 Å². The Bertz CT molecular complexity index is 2840. The molecule has 0 atom stereocenters. The minimum absolute atomic E-state index is 0.908. The van der Waals surface area contributed by atoms with Gasteiger partial charge in [0.15, 0.2) is 0 Å². The Labute approximate surface area is 271 Å². The molecule has 1 nitrogen and oxygen atoms in total. The summed E-state index contributed by atoms with van der Waals surface area (Å²) in [7, 11) is 0. The van der Waals surface area contributed by atoms with Crippen molar-refractivity contribution in [3.63, 3.8) is 0 Å². The molecule has 0 bridgehead atoms. The number of hydrogen-bond donors (Lipinski definition) is 0.